The van der Waals surface area contributed by atoms with Gasteiger partial charge < -0.3 is 10.5 Å². The molecule has 0 aliphatic carbocycles. The van der Waals surface area contributed by atoms with Crippen LogP contribution in [0, 0.1) is 0 Å². The van der Waals surface area contributed by atoms with Gasteiger partial charge in [-0.05, 0) is 30.2 Å². The van der Waals surface area contributed by atoms with Crippen LogP contribution in [0.1, 0.15) is 24.9 Å². The number of nitrogens with two attached hydrogens (primary N) is 1. The van der Waals surface area contributed by atoms with Gasteiger partial charge in [0.25, 0.3) is 0 Å². The Kier molecular flexibility index (Phi) is 5.66. The van der Waals surface area contributed by atoms with Gasteiger partial charge >= 0.3 is 0 Å². The van der Waals surface area contributed by atoms with E-state index < -0.39 is 0 Å². The zero-order valence-electron chi connectivity index (χ0n) is 11.1. The predicted molar refractivity (Wildman–Crippen MR) is 82.6 cm³/mol. The SMILES string of the molecule is CCC1CN(C(CN)c2cc(Cl)ccc2Br)CCO1. The zero-order chi connectivity index (χ0) is 13.8. The average Bonchev–Trinajstić information content (AvgIpc) is 2.44. The summed E-state index contributed by atoms with van der Waals surface area (Å²) in [5, 5.41) is 0.747. The predicted octanol–water partition coefficient (Wildman–Crippen LogP) is 3.21. The molecule has 5 heteroatoms. The lowest BCUT2D eigenvalue weighted by Gasteiger charge is -2.38. The summed E-state index contributed by atoms with van der Waals surface area (Å²) in [6.45, 7) is 5.35. The highest BCUT2D eigenvalue weighted by Crippen LogP contribution is 2.31. The van der Waals surface area contributed by atoms with Crippen LogP contribution >= 0.6 is 27.5 Å². The summed E-state index contributed by atoms with van der Waals surface area (Å²) in [4.78, 5) is 2.40. The normalized spacial score (nSPS) is 22.4. The number of halogens is 2. The van der Waals surface area contributed by atoms with Gasteiger partial charge in [-0.1, -0.05) is 34.5 Å². The van der Waals surface area contributed by atoms with Crippen molar-refractivity contribution in [1.29, 1.82) is 0 Å². The summed E-state index contributed by atoms with van der Waals surface area (Å²) in [5.74, 6) is 0. The van der Waals surface area contributed by atoms with Crippen LogP contribution in [0.15, 0.2) is 22.7 Å². The van der Waals surface area contributed by atoms with E-state index in [1.807, 2.05) is 18.2 Å². The molecule has 1 fully saturated rings. The quantitative estimate of drug-likeness (QED) is 0.909. The number of ether oxygens (including phenoxy) is 1. The summed E-state index contributed by atoms with van der Waals surface area (Å²) in [6.07, 6.45) is 1.34. The van der Waals surface area contributed by atoms with E-state index in [2.05, 4.69) is 27.8 Å². The minimum atomic E-state index is 0.186. The molecule has 0 spiro atoms. The molecule has 0 aromatic heterocycles. The first-order valence-corrected chi connectivity index (χ1v) is 7.83. The summed E-state index contributed by atoms with van der Waals surface area (Å²) in [6, 6.07) is 6.06. The second kappa shape index (κ2) is 7.04. The molecule has 1 aromatic rings. The largest absolute Gasteiger partial charge is 0.376 e. The van der Waals surface area contributed by atoms with Gasteiger partial charge in [-0.3, -0.25) is 4.90 Å². The lowest BCUT2D eigenvalue weighted by Crippen LogP contribution is -2.46. The number of nitrogens with zero attached hydrogens (tertiary/aromatic N) is 1. The first-order chi connectivity index (χ1) is 9.15. The van der Waals surface area contributed by atoms with Gasteiger partial charge in [0.1, 0.15) is 0 Å². The van der Waals surface area contributed by atoms with Gasteiger partial charge in [0.05, 0.1) is 12.7 Å². The van der Waals surface area contributed by atoms with Crippen molar-refractivity contribution >= 4 is 27.5 Å². The van der Waals surface area contributed by atoms with Crippen molar-refractivity contribution in [3.8, 4) is 0 Å². The van der Waals surface area contributed by atoms with Gasteiger partial charge in [-0.25, -0.2) is 0 Å². The maximum absolute atomic E-state index is 6.11. The molecule has 1 saturated heterocycles. The van der Waals surface area contributed by atoms with E-state index in [0.29, 0.717) is 12.6 Å². The van der Waals surface area contributed by atoms with Crippen LogP contribution in [0.5, 0.6) is 0 Å². The molecule has 2 atom stereocenters. The first-order valence-electron chi connectivity index (χ1n) is 6.66. The maximum atomic E-state index is 6.11. The summed E-state index contributed by atoms with van der Waals surface area (Å²) in [7, 11) is 0. The molecule has 0 amide bonds. The van der Waals surface area contributed by atoms with E-state index in [1.165, 1.54) is 0 Å². The Hall–Kier alpha value is -0.130. The van der Waals surface area contributed by atoms with Gasteiger partial charge in [0.2, 0.25) is 0 Å². The third kappa shape index (κ3) is 3.70. The van der Waals surface area contributed by atoms with Crippen LogP contribution in [0.3, 0.4) is 0 Å². The van der Waals surface area contributed by atoms with Crippen LogP contribution in [0.4, 0.5) is 0 Å². The Bertz CT molecular complexity index is 430. The fraction of sp³-hybridized carbons (Fsp3) is 0.571. The monoisotopic (exact) mass is 346 g/mol. The van der Waals surface area contributed by atoms with Crippen molar-refractivity contribution in [1.82, 2.24) is 4.90 Å². The molecule has 1 heterocycles. The Labute approximate surface area is 128 Å². The lowest BCUT2D eigenvalue weighted by atomic mass is 10.0. The van der Waals surface area contributed by atoms with Crippen molar-refractivity contribution in [2.45, 2.75) is 25.5 Å². The molecule has 19 heavy (non-hydrogen) atoms. The average molecular weight is 348 g/mol. The van der Waals surface area contributed by atoms with E-state index in [1.54, 1.807) is 0 Å². The van der Waals surface area contributed by atoms with Crippen molar-refractivity contribution in [3.63, 3.8) is 0 Å². The smallest absolute Gasteiger partial charge is 0.0700 e. The van der Waals surface area contributed by atoms with Crippen LogP contribution in [-0.2, 0) is 4.74 Å². The fourth-order valence-corrected chi connectivity index (χ4v) is 3.21. The van der Waals surface area contributed by atoms with Crippen molar-refractivity contribution in [2.24, 2.45) is 5.73 Å². The van der Waals surface area contributed by atoms with Gasteiger partial charge in [-0.2, -0.15) is 0 Å². The van der Waals surface area contributed by atoms with Crippen molar-refractivity contribution < 1.29 is 4.74 Å². The van der Waals surface area contributed by atoms with Gasteiger partial charge in [0.15, 0.2) is 0 Å². The standard InChI is InChI=1S/C14H20BrClN2O/c1-2-11-9-18(5-6-19-11)14(8-17)12-7-10(16)3-4-13(12)15/h3-4,7,11,14H,2,5-6,8-9,17H2,1H3. The molecule has 1 aromatic carbocycles. The van der Waals surface area contributed by atoms with E-state index in [0.717, 1.165) is 41.2 Å². The second-order valence-corrected chi connectivity index (χ2v) is 6.10. The van der Waals surface area contributed by atoms with Crippen molar-refractivity contribution in [3.05, 3.63) is 33.3 Å². The molecular formula is C14H20BrClN2O. The highest BCUT2D eigenvalue weighted by Gasteiger charge is 2.27. The highest BCUT2D eigenvalue weighted by atomic mass is 79.9. The number of hydrogen-bond donors (Lipinski definition) is 1. The van der Waals surface area contributed by atoms with Crippen LogP contribution in [0.25, 0.3) is 0 Å². The first kappa shape index (κ1) is 15.3. The molecule has 106 valence electrons. The number of hydrogen-bond acceptors (Lipinski definition) is 3. The topological polar surface area (TPSA) is 38.5 Å². The van der Waals surface area contributed by atoms with E-state index in [-0.39, 0.29) is 6.04 Å². The molecule has 1 aliphatic rings. The third-order valence-electron chi connectivity index (χ3n) is 3.61. The molecule has 0 bridgehead atoms. The van der Waals surface area contributed by atoms with E-state index in [4.69, 9.17) is 22.1 Å². The van der Waals surface area contributed by atoms with Crippen molar-refractivity contribution in [2.75, 3.05) is 26.2 Å². The molecule has 0 radical (unpaired) electrons. The zero-order valence-corrected chi connectivity index (χ0v) is 13.5. The summed E-state index contributed by atoms with van der Waals surface area (Å²) in [5.41, 5.74) is 7.15. The fourth-order valence-electron chi connectivity index (χ4n) is 2.51. The maximum Gasteiger partial charge on any atom is 0.0700 e. The Morgan fingerprint density at radius 3 is 3.05 bits per heavy atom. The molecular weight excluding hydrogens is 328 g/mol. The highest BCUT2D eigenvalue weighted by molar-refractivity contribution is 9.10. The van der Waals surface area contributed by atoms with Crippen LogP contribution in [-0.4, -0.2) is 37.2 Å². The second-order valence-electron chi connectivity index (χ2n) is 4.81. The Morgan fingerprint density at radius 1 is 1.58 bits per heavy atom. The summed E-state index contributed by atoms with van der Waals surface area (Å²) < 4.78 is 6.78. The van der Waals surface area contributed by atoms with E-state index in [9.17, 15) is 0 Å². The molecule has 2 N–H and O–H groups in total. The number of rotatable bonds is 4. The summed E-state index contributed by atoms with van der Waals surface area (Å²) >= 11 is 9.71. The lowest BCUT2D eigenvalue weighted by molar-refractivity contribution is -0.0438. The number of morpholine rings is 1. The minimum absolute atomic E-state index is 0.186. The van der Waals surface area contributed by atoms with Crippen LogP contribution < -0.4 is 5.73 Å². The van der Waals surface area contributed by atoms with E-state index >= 15 is 0 Å². The molecule has 3 nitrogen and oxygen atoms in total. The Morgan fingerprint density at radius 2 is 2.37 bits per heavy atom. The molecule has 2 unspecified atom stereocenters. The number of benzene rings is 1. The van der Waals surface area contributed by atoms with Crippen LogP contribution in [0.2, 0.25) is 5.02 Å². The van der Waals surface area contributed by atoms with Gasteiger partial charge in [-0.15, -0.1) is 0 Å². The minimum Gasteiger partial charge on any atom is -0.376 e. The third-order valence-corrected chi connectivity index (χ3v) is 4.56. The Balaban J connectivity index is 2.21. The van der Waals surface area contributed by atoms with Gasteiger partial charge in [0, 0.05) is 35.2 Å². The molecule has 2 rings (SSSR count). The molecule has 0 saturated carbocycles. The molecule has 1 aliphatic heterocycles.